The number of ketones is 1. The van der Waals surface area contributed by atoms with E-state index in [1.54, 1.807) is 0 Å². The van der Waals surface area contributed by atoms with E-state index in [0.717, 1.165) is 17.5 Å². The number of Topliss-reactive ketones (excluding diaryl/α,β-unsaturated/α-hetero) is 1. The molecule has 0 spiro atoms. The highest BCUT2D eigenvalue weighted by Crippen LogP contribution is 2.13. The average Bonchev–Trinajstić information content (AvgIpc) is 2.80. The van der Waals surface area contributed by atoms with E-state index in [4.69, 9.17) is 0 Å². The molecule has 0 radical (unpaired) electrons. The molecular weight excluding hydrogens is 440 g/mol. The van der Waals surface area contributed by atoms with E-state index in [-0.39, 0.29) is 37.0 Å². The Morgan fingerprint density at radius 1 is 0.829 bits per heavy atom. The fourth-order valence-corrected chi connectivity index (χ4v) is 3.64. The zero-order valence-electron chi connectivity index (χ0n) is 21.5. The Morgan fingerprint density at radius 3 is 1.86 bits per heavy atom. The van der Waals surface area contributed by atoms with Crippen LogP contribution in [0.4, 0.5) is 0 Å². The zero-order valence-corrected chi connectivity index (χ0v) is 21.5. The van der Waals surface area contributed by atoms with Crippen molar-refractivity contribution in [3.63, 3.8) is 0 Å². The van der Waals surface area contributed by atoms with E-state index in [0.29, 0.717) is 36.1 Å². The Morgan fingerprint density at radius 2 is 1.37 bits per heavy atom. The summed E-state index contributed by atoms with van der Waals surface area (Å²) in [7, 11) is 5.76. The number of nitrogens with zero attached hydrogens (tertiary/aromatic N) is 3. The van der Waals surface area contributed by atoms with Gasteiger partial charge < -0.3 is 9.38 Å². The number of rotatable bonds is 14. The molecule has 2 rings (SSSR count). The van der Waals surface area contributed by atoms with E-state index >= 15 is 0 Å². The van der Waals surface area contributed by atoms with Crippen LogP contribution >= 0.6 is 0 Å². The maximum Gasteiger partial charge on any atom is 0.295 e. The molecule has 35 heavy (non-hydrogen) atoms. The zero-order chi connectivity index (χ0) is 25.7. The maximum absolute atomic E-state index is 13.3. The second kappa shape index (κ2) is 14.2. The van der Waals surface area contributed by atoms with E-state index in [9.17, 15) is 14.4 Å². The van der Waals surface area contributed by atoms with Crippen molar-refractivity contribution in [2.45, 2.75) is 52.1 Å². The smallest absolute Gasteiger partial charge is 0.295 e. The first-order chi connectivity index (χ1) is 16.7. The van der Waals surface area contributed by atoms with E-state index < -0.39 is 0 Å². The number of carbonyl (C=O) groups is 3. The number of likely N-dealkylation sites (N-methyl/N-ethyl adjacent to an activating group) is 1. The summed E-state index contributed by atoms with van der Waals surface area (Å²) in [6.45, 7) is 3.21. The van der Waals surface area contributed by atoms with Crippen molar-refractivity contribution >= 4 is 23.3 Å². The van der Waals surface area contributed by atoms with Crippen molar-refractivity contribution in [1.82, 2.24) is 10.3 Å². The van der Waals surface area contributed by atoms with Crippen molar-refractivity contribution < 1.29 is 18.9 Å². The fourth-order valence-electron chi connectivity index (χ4n) is 3.64. The highest BCUT2D eigenvalue weighted by molar-refractivity contribution is 6.03. The molecule has 0 saturated carbocycles. The molecule has 0 bridgehead atoms. The summed E-state index contributed by atoms with van der Waals surface area (Å²) in [6.07, 6.45) is 1.88. The third kappa shape index (κ3) is 11.6. The number of amides is 2. The minimum Gasteiger partial charge on any atom is -0.334 e. The Balaban J connectivity index is 2.11. The van der Waals surface area contributed by atoms with Crippen LogP contribution in [0.5, 0.6) is 0 Å². The lowest BCUT2D eigenvalue weighted by molar-refractivity contribution is -0.862. The predicted molar refractivity (Wildman–Crippen MR) is 139 cm³/mol. The van der Waals surface area contributed by atoms with Gasteiger partial charge in [-0.25, -0.2) is 5.43 Å². The van der Waals surface area contributed by atoms with Crippen molar-refractivity contribution in [1.29, 1.82) is 0 Å². The fraction of sp³-hybridized carbons (Fsp3) is 0.429. The molecule has 2 aromatic carbocycles. The molecular formula is C28H39N4O3+. The number of hydrogen-bond acceptors (Lipinski definition) is 4. The summed E-state index contributed by atoms with van der Waals surface area (Å²) in [5.41, 5.74) is 5.21. The lowest BCUT2D eigenvalue weighted by Gasteiger charge is -2.23. The normalized spacial score (nSPS) is 11.7. The number of benzene rings is 2. The van der Waals surface area contributed by atoms with Gasteiger partial charge in [0.15, 0.2) is 6.54 Å². The van der Waals surface area contributed by atoms with Crippen molar-refractivity contribution in [3.05, 3.63) is 71.8 Å². The highest BCUT2D eigenvalue weighted by Gasteiger charge is 2.18. The number of hydrogen-bond donors (Lipinski definition) is 1. The van der Waals surface area contributed by atoms with Gasteiger partial charge in [0, 0.05) is 38.1 Å². The Kier molecular flexibility index (Phi) is 11.3. The summed E-state index contributed by atoms with van der Waals surface area (Å²) in [5, 5.41) is 4.24. The number of nitrogens with one attached hydrogen (secondary N) is 1. The van der Waals surface area contributed by atoms with Crippen molar-refractivity contribution in [2.75, 3.05) is 27.7 Å². The van der Waals surface area contributed by atoms with Gasteiger partial charge in [-0.05, 0) is 24.0 Å². The van der Waals surface area contributed by atoms with E-state index in [1.807, 2.05) is 93.6 Å². The van der Waals surface area contributed by atoms with Gasteiger partial charge in [-0.15, -0.1) is 0 Å². The average molecular weight is 480 g/mol. The molecule has 7 heteroatoms. The molecule has 1 N–H and O–H groups in total. The molecule has 0 saturated heterocycles. The quantitative estimate of drug-likeness (QED) is 0.253. The molecule has 188 valence electrons. The molecule has 0 unspecified atom stereocenters. The van der Waals surface area contributed by atoms with Gasteiger partial charge in [-0.3, -0.25) is 14.4 Å². The standard InChI is InChI=1S/C28H38N4O3/c1-5-12-26(33)19-25(29-30-27(34)22-32(2,3)4)17-18-28(35)31(20-23-13-8-6-9-14-23)21-24-15-10-7-11-16-24/h6-11,13-16H,5,12,17-22H2,1-4H3/p+1/b29-25-. The molecule has 2 aromatic rings. The van der Waals surface area contributed by atoms with Gasteiger partial charge >= 0.3 is 0 Å². The minimum absolute atomic E-state index is 0.0222. The lowest BCUT2D eigenvalue weighted by Crippen LogP contribution is -2.43. The summed E-state index contributed by atoms with van der Waals surface area (Å²) in [6, 6.07) is 19.8. The summed E-state index contributed by atoms with van der Waals surface area (Å²) < 4.78 is 0.470. The highest BCUT2D eigenvalue weighted by atomic mass is 16.2. The van der Waals surface area contributed by atoms with Crippen LogP contribution in [0, 0.1) is 0 Å². The third-order valence-electron chi connectivity index (χ3n) is 5.30. The SMILES string of the molecule is CCCC(=O)C/C(CCC(=O)N(Cc1ccccc1)Cc1ccccc1)=N\NC(=O)C[N+](C)(C)C. The molecule has 0 fully saturated rings. The van der Waals surface area contributed by atoms with Gasteiger partial charge in [0.2, 0.25) is 5.91 Å². The van der Waals surface area contributed by atoms with Gasteiger partial charge in [0.1, 0.15) is 5.78 Å². The van der Waals surface area contributed by atoms with Crippen LogP contribution in [0.1, 0.15) is 50.2 Å². The van der Waals surface area contributed by atoms with Crippen LogP contribution in [0.15, 0.2) is 65.8 Å². The van der Waals surface area contributed by atoms with Crippen LogP contribution in [-0.2, 0) is 27.5 Å². The molecule has 7 nitrogen and oxygen atoms in total. The Hall–Kier alpha value is -3.32. The van der Waals surface area contributed by atoms with Crippen LogP contribution in [0.25, 0.3) is 0 Å². The molecule has 0 aliphatic heterocycles. The first kappa shape index (κ1) is 27.9. The van der Waals surface area contributed by atoms with Crippen LogP contribution < -0.4 is 5.43 Å². The van der Waals surface area contributed by atoms with Gasteiger partial charge in [-0.1, -0.05) is 67.6 Å². The van der Waals surface area contributed by atoms with Gasteiger partial charge in [-0.2, -0.15) is 5.10 Å². The second-order valence-corrected chi connectivity index (χ2v) is 9.85. The second-order valence-electron chi connectivity index (χ2n) is 9.85. The van der Waals surface area contributed by atoms with Gasteiger partial charge in [0.25, 0.3) is 5.91 Å². The van der Waals surface area contributed by atoms with E-state index in [1.165, 1.54) is 0 Å². The molecule has 0 atom stereocenters. The lowest BCUT2D eigenvalue weighted by atomic mass is 10.0. The monoisotopic (exact) mass is 479 g/mol. The number of quaternary nitrogens is 1. The molecule has 2 amide bonds. The number of carbonyl (C=O) groups excluding carboxylic acids is 3. The minimum atomic E-state index is -0.223. The predicted octanol–water partition coefficient (Wildman–Crippen LogP) is 3.93. The molecule has 0 aliphatic rings. The van der Waals surface area contributed by atoms with Crippen molar-refractivity contribution in [3.8, 4) is 0 Å². The first-order valence-electron chi connectivity index (χ1n) is 12.2. The third-order valence-corrected chi connectivity index (χ3v) is 5.30. The first-order valence-corrected chi connectivity index (χ1v) is 12.2. The van der Waals surface area contributed by atoms with E-state index in [2.05, 4.69) is 10.5 Å². The van der Waals surface area contributed by atoms with Crippen LogP contribution in [0.3, 0.4) is 0 Å². The summed E-state index contributed by atoms with van der Waals surface area (Å²) in [5.74, 6) is -0.185. The Bertz CT molecular complexity index is 941. The molecule has 0 heterocycles. The Labute approximate surface area is 209 Å². The molecule has 0 aromatic heterocycles. The summed E-state index contributed by atoms with van der Waals surface area (Å²) >= 11 is 0. The maximum atomic E-state index is 13.3. The molecule has 0 aliphatic carbocycles. The van der Waals surface area contributed by atoms with Crippen LogP contribution in [0.2, 0.25) is 0 Å². The van der Waals surface area contributed by atoms with Gasteiger partial charge in [0.05, 0.1) is 21.1 Å². The largest absolute Gasteiger partial charge is 0.334 e. The van der Waals surface area contributed by atoms with Crippen LogP contribution in [-0.4, -0.2) is 60.4 Å². The topological polar surface area (TPSA) is 78.8 Å². The van der Waals surface area contributed by atoms with Crippen molar-refractivity contribution in [2.24, 2.45) is 5.10 Å². The summed E-state index contributed by atoms with van der Waals surface area (Å²) in [4.78, 5) is 39.6. The number of hydrazone groups is 1.